The molecule has 2 fully saturated rings. The number of ether oxygens (including phenoxy) is 1. The fourth-order valence-electron chi connectivity index (χ4n) is 4.46. The van der Waals surface area contributed by atoms with Crippen molar-refractivity contribution in [3.63, 3.8) is 0 Å². The number of aromatic nitrogens is 2. The zero-order chi connectivity index (χ0) is 23.8. The van der Waals surface area contributed by atoms with Crippen LogP contribution in [0.2, 0.25) is 0 Å². The van der Waals surface area contributed by atoms with Gasteiger partial charge in [-0.25, -0.2) is 15.3 Å². The number of hydroxylamine groups is 1. The molecule has 0 bridgehead atoms. The van der Waals surface area contributed by atoms with E-state index in [1.165, 1.54) is 11.6 Å². The number of hydrogen-bond acceptors (Lipinski definition) is 7. The van der Waals surface area contributed by atoms with Gasteiger partial charge in [-0.1, -0.05) is 44.2 Å². The van der Waals surface area contributed by atoms with Crippen molar-refractivity contribution in [2.45, 2.75) is 57.3 Å². The Kier molecular flexibility index (Phi) is 8.26. The molecule has 2 atom stereocenters. The van der Waals surface area contributed by atoms with Crippen molar-refractivity contribution in [2.75, 3.05) is 31.6 Å². The molecule has 4 rings (SSSR count). The first-order valence-corrected chi connectivity index (χ1v) is 12.1. The molecular formula is C26H35N5O3. The number of benzene rings is 1. The average molecular weight is 466 g/mol. The Morgan fingerprint density at radius 1 is 1.21 bits per heavy atom. The summed E-state index contributed by atoms with van der Waals surface area (Å²) in [6.07, 6.45) is 9.91. The Hall–Kier alpha value is -2.81. The highest BCUT2D eigenvalue weighted by atomic mass is 16.8. The van der Waals surface area contributed by atoms with Gasteiger partial charge >= 0.3 is 0 Å². The van der Waals surface area contributed by atoms with Crippen molar-refractivity contribution in [1.82, 2.24) is 20.3 Å². The SMILES string of the molecule is CC(C)(CN1CC[C@@H](Nc2cnc(/C=C/C(=O)NOC3CCCCO3)cn2)C1)c1ccccc1. The van der Waals surface area contributed by atoms with E-state index in [1.807, 2.05) is 0 Å². The van der Waals surface area contributed by atoms with Gasteiger partial charge in [0.05, 0.1) is 18.1 Å². The van der Waals surface area contributed by atoms with Crippen LogP contribution < -0.4 is 10.8 Å². The molecule has 2 saturated heterocycles. The van der Waals surface area contributed by atoms with Gasteiger partial charge in [0.2, 0.25) is 0 Å². The fraction of sp³-hybridized carbons (Fsp3) is 0.500. The van der Waals surface area contributed by atoms with Crippen molar-refractivity contribution in [2.24, 2.45) is 0 Å². The van der Waals surface area contributed by atoms with E-state index in [0.717, 1.165) is 51.1 Å². The standard InChI is InChI=1S/C26H35N5O3/c1-26(2,20-8-4-3-5-9-20)19-31-14-13-22(18-31)29-23-17-27-21(16-28-23)11-12-24(32)30-34-25-10-6-7-15-33-25/h3-5,8-9,11-12,16-17,22,25H,6-7,10,13-15,18-19H2,1-2H3,(H,28,29)(H,30,32)/b12-11+/t22-,25?/m1/s1. The van der Waals surface area contributed by atoms with Crippen LogP contribution in [-0.2, 0) is 19.8 Å². The first-order valence-electron chi connectivity index (χ1n) is 12.1. The van der Waals surface area contributed by atoms with E-state index in [1.54, 1.807) is 18.5 Å². The van der Waals surface area contributed by atoms with Crippen LogP contribution in [0, 0.1) is 0 Å². The first-order chi connectivity index (χ1) is 16.5. The van der Waals surface area contributed by atoms with Gasteiger partial charge in [-0.05, 0) is 30.9 Å². The third-order valence-electron chi connectivity index (χ3n) is 6.30. The molecule has 2 aliphatic rings. The molecule has 2 aliphatic heterocycles. The van der Waals surface area contributed by atoms with Crippen LogP contribution in [0.15, 0.2) is 48.8 Å². The second-order valence-electron chi connectivity index (χ2n) is 9.66. The molecule has 1 aromatic heterocycles. The van der Waals surface area contributed by atoms with Crippen molar-refractivity contribution >= 4 is 17.8 Å². The topological polar surface area (TPSA) is 88.6 Å². The molecule has 182 valence electrons. The average Bonchev–Trinajstić information content (AvgIpc) is 3.29. The number of nitrogens with one attached hydrogen (secondary N) is 2. The van der Waals surface area contributed by atoms with E-state index in [0.29, 0.717) is 18.3 Å². The van der Waals surface area contributed by atoms with Crippen LogP contribution in [-0.4, -0.2) is 59.3 Å². The maximum atomic E-state index is 11.9. The predicted octanol–water partition coefficient (Wildman–Crippen LogP) is 3.53. The number of likely N-dealkylation sites (tertiary alicyclic amines) is 1. The quantitative estimate of drug-likeness (QED) is 0.433. The number of anilines is 1. The van der Waals surface area contributed by atoms with Crippen molar-refractivity contribution in [1.29, 1.82) is 0 Å². The van der Waals surface area contributed by atoms with Crippen LogP contribution in [0.25, 0.3) is 6.08 Å². The van der Waals surface area contributed by atoms with Crippen LogP contribution >= 0.6 is 0 Å². The minimum atomic E-state index is -0.368. The molecule has 1 aromatic carbocycles. The molecule has 0 saturated carbocycles. The number of carbonyl (C=O) groups excluding carboxylic acids is 1. The van der Waals surface area contributed by atoms with Crippen LogP contribution in [0.1, 0.15) is 50.8 Å². The smallest absolute Gasteiger partial charge is 0.267 e. The summed E-state index contributed by atoms with van der Waals surface area (Å²) in [5, 5.41) is 3.49. The van der Waals surface area contributed by atoms with Gasteiger partial charge in [-0.3, -0.25) is 9.78 Å². The van der Waals surface area contributed by atoms with Crippen LogP contribution in [0.3, 0.4) is 0 Å². The summed E-state index contributed by atoms with van der Waals surface area (Å²) < 4.78 is 5.42. The van der Waals surface area contributed by atoms with Gasteiger partial charge in [0, 0.05) is 50.2 Å². The largest absolute Gasteiger partial charge is 0.365 e. The lowest BCUT2D eigenvalue weighted by Crippen LogP contribution is -2.37. The van der Waals surface area contributed by atoms with Crippen LogP contribution in [0.5, 0.6) is 0 Å². The number of rotatable bonds is 9. The summed E-state index contributed by atoms with van der Waals surface area (Å²) >= 11 is 0. The first kappa shape index (κ1) is 24.3. The Morgan fingerprint density at radius 3 is 2.79 bits per heavy atom. The van der Waals surface area contributed by atoms with E-state index < -0.39 is 0 Å². The lowest BCUT2D eigenvalue weighted by Gasteiger charge is -2.31. The minimum absolute atomic E-state index is 0.102. The lowest BCUT2D eigenvalue weighted by molar-refractivity contribution is -0.198. The maximum absolute atomic E-state index is 11.9. The zero-order valence-corrected chi connectivity index (χ0v) is 20.1. The van der Waals surface area contributed by atoms with Crippen molar-refractivity contribution < 1.29 is 14.4 Å². The second-order valence-corrected chi connectivity index (χ2v) is 9.66. The molecule has 1 amide bonds. The van der Waals surface area contributed by atoms with E-state index in [9.17, 15) is 4.79 Å². The molecule has 3 heterocycles. The highest BCUT2D eigenvalue weighted by molar-refractivity contribution is 5.90. The van der Waals surface area contributed by atoms with Gasteiger partial charge in [-0.15, -0.1) is 0 Å². The molecule has 8 heteroatoms. The Balaban J connectivity index is 1.21. The third kappa shape index (κ3) is 7.09. The van der Waals surface area contributed by atoms with Crippen molar-refractivity contribution in [3.05, 3.63) is 60.1 Å². The normalized spacial score (nSPS) is 21.6. The Labute approximate surface area is 201 Å². The summed E-state index contributed by atoms with van der Waals surface area (Å²) in [5.41, 5.74) is 4.47. The van der Waals surface area contributed by atoms with Crippen molar-refractivity contribution in [3.8, 4) is 0 Å². The number of amides is 1. The molecule has 2 aromatic rings. The summed E-state index contributed by atoms with van der Waals surface area (Å²) in [5.74, 6) is 0.385. The van der Waals surface area contributed by atoms with Gasteiger partial charge in [0.25, 0.3) is 5.91 Å². The van der Waals surface area contributed by atoms with E-state index in [2.05, 4.69) is 69.8 Å². The minimum Gasteiger partial charge on any atom is -0.365 e. The van der Waals surface area contributed by atoms with E-state index >= 15 is 0 Å². The highest BCUT2D eigenvalue weighted by Gasteiger charge is 2.29. The molecule has 0 radical (unpaired) electrons. The lowest BCUT2D eigenvalue weighted by atomic mass is 9.84. The highest BCUT2D eigenvalue weighted by Crippen LogP contribution is 2.26. The summed E-state index contributed by atoms with van der Waals surface area (Å²) in [7, 11) is 0. The maximum Gasteiger partial charge on any atom is 0.267 e. The predicted molar refractivity (Wildman–Crippen MR) is 132 cm³/mol. The van der Waals surface area contributed by atoms with E-state index in [4.69, 9.17) is 9.57 Å². The van der Waals surface area contributed by atoms with Gasteiger partial charge in [-0.2, -0.15) is 0 Å². The molecule has 0 aliphatic carbocycles. The molecule has 34 heavy (non-hydrogen) atoms. The fourth-order valence-corrected chi connectivity index (χ4v) is 4.46. The van der Waals surface area contributed by atoms with Gasteiger partial charge < -0.3 is 15.0 Å². The van der Waals surface area contributed by atoms with E-state index in [-0.39, 0.29) is 17.6 Å². The summed E-state index contributed by atoms with van der Waals surface area (Å²) in [4.78, 5) is 28.6. The third-order valence-corrected chi connectivity index (χ3v) is 6.30. The van der Waals surface area contributed by atoms with Crippen LogP contribution in [0.4, 0.5) is 5.82 Å². The Bertz CT molecular complexity index is 943. The van der Waals surface area contributed by atoms with Gasteiger partial charge in [0.1, 0.15) is 5.82 Å². The number of nitrogens with zero attached hydrogens (tertiary/aromatic N) is 3. The molecule has 1 unspecified atom stereocenters. The Morgan fingerprint density at radius 2 is 2.06 bits per heavy atom. The number of carbonyl (C=O) groups is 1. The second kappa shape index (κ2) is 11.6. The molecule has 8 nitrogen and oxygen atoms in total. The summed E-state index contributed by atoms with van der Waals surface area (Å²) in [6, 6.07) is 11.0. The summed E-state index contributed by atoms with van der Waals surface area (Å²) in [6.45, 7) is 8.32. The van der Waals surface area contributed by atoms with Gasteiger partial charge in [0.15, 0.2) is 6.29 Å². The number of hydrogen-bond donors (Lipinski definition) is 2. The zero-order valence-electron chi connectivity index (χ0n) is 20.1. The molecule has 2 N–H and O–H groups in total. The molecular weight excluding hydrogens is 430 g/mol. The monoisotopic (exact) mass is 465 g/mol. The molecule has 0 spiro atoms.